The number of hydrogen-bond acceptors (Lipinski definition) is 6. The summed E-state index contributed by atoms with van der Waals surface area (Å²) in [4.78, 5) is 39.0. The number of fused-ring (bicyclic) bond motifs is 3. The summed E-state index contributed by atoms with van der Waals surface area (Å²) < 4.78 is 0. The van der Waals surface area contributed by atoms with E-state index in [0.717, 1.165) is 48.5 Å². The van der Waals surface area contributed by atoms with Crippen LogP contribution in [0.15, 0.2) is 35.8 Å². The second-order valence-corrected chi connectivity index (χ2v) is 10.4. The number of nitrogens with zero attached hydrogens (tertiary/aromatic N) is 5. The lowest BCUT2D eigenvalue weighted by atomic mass is 9.93. The van der Waals surface area contributed by atoms with Gasteiger partial charge in [-0.1, -0.05) is 24.6 Å². The van der Waals surface area contributed by atoms with E-state index < -0.39 is 0 Å². The molecule has 178 valence electrons. The minimum Gasteiger partial charge on any atom is -0.336 e. The van der Waals surface area contributed by atoms with Crippen molar-refractivity contribution in [1.82, 2.24) is 19.7 Å². The average molecular weight is 470 g/mol. The van der Waals surface area contributed by atoms with Crippen molar-refractivity contribution in [2.75, 3.05) is 38.6 Å². The lowest BCUT2D eigenvalue weighted by Gasteiger charge is -2.44. The Morgan fingerprint density at radius 1 is 1.15 bits per heavy atom. The van der Waals surface area contributed by atoms with Gasteiger partial charge in [-0.3, -0.25) is 14.5 Å². The predicted octanol–water partition coefficient (Wildman–Crippen LogP) is 3.21. The molecule has 2 amide bonds. The monoisotopic (exact) mass is 469 g/mol. The number of thiazole rings is 1. The molecule has 1 aromatic heterocycles. The Morgan fingerprint density at radius 2 is 1.94 bits per heavy atom. The summed E-state index contributed by atoms with van der Waals surface area (Å²) in [5, 5.41) is 3.14. The van der Waals surface area contributed by atoms with E-state index in [1.54, 1.807) is 18.3 Å². The second-order valence-electron chi connectivity index (χ2n) is 9.44. The Balaban J connectivity index is 1.72. The van der Waals surface area contributed by atoms with Gasteiger partial charge in [0.15, 0.2) is 0 Å². The normalized spacial score (nSPS) is 22.1. The number of carbonyl (C=O) groups excluding carboxylic acids is 2. The number of piperidine rings is 1. The van der Waals surface area contributed by atoms with Gasteiger partial charge < -0.3 is 14.7 Å². The maximum atomic E-state index is 13.3. The second kappa shape index (κ2) is 10.8. The van der Waals surface area contributed by atoms with Crippen LogP contribution in [0, 0.1) is 0 Å². The van der Waals surface area contributed by atoms with Crippen LogP contribution in [0.5, 0.6) is 0 Å². The summed E-state index contributed by atoms with van der Waals surface area (Å²) in [5.41, 5.74) is 1.96. The van der Waals surface area contributed by atoms with Crippen LogP contribution in [0.3, 0.4) is 0 Å². The summed E-state index contributed by atoms with van der Waals surface area (Å²) in [5.74, 6) is 0.173. The molecule has 2 aliphatic heterocycles. The molecular formula is C25H35N5O2S. The summed E-state index contributed by atoms with van der Waals surface area (Å²) in [6.07, 6.45) is 6.11. The molecule has 0 radical (unpaired) electrons. The van der Waals surface area contributed by atoms with E-state index in [0.29, 0.717) is 32.2 Å². The first-order valence-corrected chi connectivity index (χ1v) is 12.7. The van der Waals surface area contributed by atoms with Gasteiger partial charge in [-0.25, -0.2) is 4.98 Å². The average Bonchev–Trinajstić information content (AvgIpc) is 3.28. The largest absolute Gasteiger partial charge is 0.336 e. The molecular weight excluding hydrogens is 434 g/mol. The standard InChI is InChI=1S/C25H35N5O2S/c1-19(31)29-13-11-21-8-6-9-22(30(21)17-24-26-12-14-33-24)16-28(25(32)18-27(2)3)15-20-7-4-5-10-23(20)29/h4-5,7,10,12,14,21-22H,6,8-9,11,13,15-18H2,1-3H3. The zero-order valence-corrected chi connectivity index (χ0v) is 20.8. The van der Waals surface area contributed by atoms with Gasteiger partial charge in [0.2, 0.25) is 11.8 Å². The number of carbonyl (C=O) groups is 2. The van der Waals surface area contributed by atoms with Crippen LogP contribution >= 0.6 is 11.3 Å². The molecule has 0 spiro atoms. The molecule has 7 nitrogen and oxygen atoms in total. The van der Waals surface area contributed by atoms with Crippen molar-refractivity contribution in [3.8, 4) is 0 Å². The molecule has 2 aliphatic rings. The Bertz CT molecular complexity index is 948. The molecule has 1 aromatic carbocycles. The molecule has 4 rings (SSSR count). The van der Waals surface area contributed by atoms with Crippen molar-refractivity contribution in [2.24, 2.45) is 0 Å². The molecule has 0 saturated carbocycles. The third-order valence-electron chi connectivity index (χ3n) is 6.76. The molecule has 2 bridgehead atoms. The highest BCUT2D eigenvalue weighted by atomic mass is 32.1. The number of hydrogen-bond donors (Lipinski definition) is 0. The van der Waals surface area contributed by atoms with Crippen LogP contribution in [0.1, 0.15) is 43.2 Å². The molecule has 1 saturated heterocycles. The van der Waals surface area contributed by atoms with E-state index in [1.807, 2.05) is 58.6 Å². The zero-order chi connectivity index (χ0) is 23.4. The number of rotatable bonds is 4. The molecule has 2 unspecified atom stereocenters. The van der Waals surface area contributed by atoms with E-state index in [9.17, 15) is 9.59 Å². The molecule has 2 aromatic rings. The highest BCUT2D eigenvalue weighted by Gasteiger charge is 2.35. The van der Waals surface area contributed by atoms with Crippen molar-refractivity contribution in [1.29, 1.82) is 0 Å². The Labute approximate surface area is 201 Å². The van der Waals surface area contributed by atoms with Crippen molar-refractivity contribution in [2.45, 2.75) is 57.8 Å². The first-order chi connectivity index (χ1) is 15.9. The molecule has 0 aliphatic carbocycles. The van der Waals surface area contributed by atoms with Crippen molar-refractivity contribution in [3.63, 3.8) is 0 Å². The van der Waals surface area contributed by atoms with Gasteiger partial charge in [0.05, 0.1) is 13.1 Å². The van der Waals surface area contributed by atoms with Crippen molar-refractivity contribution < 1.29 is 9.59 Å². The van der Waals surface area contributed by atoms with Gasteiger partial charge in [0, 0.05) is 55.9 Å². The van der Waals surface area contributed by atoms with Crippen LogP contribution in [-0.2, 0) is 22.7 Å². The molecule has 8 heteroatoms. The first-order valence-electron chi connectivity index (χ1n) is 11.8. The number of benzene rings is 1. The van der Waals surface area contributed by atoms with Crippen LogP contribution in [0.2, 0.25) is 0 Å². The SMILES string of the molecule is CC(=O)N1CCC2CCCC(CN(C(=O)CN(C)C)Cc3ccccc31)N2Cc1nccs1. The third kappa shape index (κ3) is 5.80. The fraction of sp³-hybridized carbons (Fsp3) is 0.560. The fourth-order valence-electron chi connectivity index (χ4n) is 5.19. The molecule has 3 heterocycles. The molecule has 1 fully saturated rings. The third-order valence-corrected chi connectivity index (χ3v) is 7.52. The quantitative estimate of drug-likeness (QED) is 0.688. The Morgan fingerprint density at radius 3 is 2.67 bits per heavy atom. The smallest absolute Gasteiger partial charge is 0.237 e. The van der Waals surface area contributed by atoms with Gasteiger partial charge in [0.25, 0.3) is 0 Å². The number of amides is 2. The maximum absolute atomic E-state index is 13.3. The van der Waals surface area contributed by atoms with Gasteiger partial charge in [-0.05, 0) is 45.0 Å². The van der Waals surface area contributed by atoms with E-state index >= 15 is 0 Å². The summed E-state index contributed by atoms with van der Waals surface area (Å²) in [7, 11) is 3.86. The molecule has 33 heavy (non-hydrogen) atoms. The lowest BCUT2D eigenvalue weighted by Crippen LogP contribution is -2.53. The highest BCUT2D eigenvalue weighted by molar-refractivity contribution is 7.09. The van der Waals surface area contributed by atoms with E-state index in [-0.39, 0.29) is 17.9 Å². The van der Waals surface area contributed by atoms with Crippen molar-refractivity contribution >= 4 is 28.8 Å². The zero-order valence-electron chi connectivity index (χ0n) is 19.9. The maximum Gasteiger partial charge on any atom is 0.237 e. The van der Waals surface area contributed by atoms with Crippen molar-refractivity contribution in [3.05, 3.63) is 46.4 Å². The van der Waals surface area contributed by atoms with Crippen LogP contribution in [-0.4, -0.2) is 77.3 Å². The molecule has 2 atom stereocenters. The Kier molecular flexibility index (Phi) is 7.78. The summed E-state index contributed by atoms with van der Waals surface area (Å²) >= 11 is 1.69. The Hall–Kier alpha value is -2.29. The van der Waals surface area contributed by atoms with Crippen LogP contribution in [0.4, 0.5) is 5.69 Å². The summed E-state index contributed by atoms with van der Waals surface area (Å²) in [6, 6.07) is 8.70. The summed E-state index contributed by atoms with van der Waals surface area (Å²) in [6.45, 7) is 4.71. The number of aromatic nitrogens is 1. The first kappa shape index (κ1) is 23.9. The van der Waals surface area contributed by atoms with Crippen LogP contribution < -0.4 is 4.90 Å². The minimum absolute atomic E-state index is 0.0479. The number of likely N-dealkylation sites (N-methyl/N-ethyl adjacent to an activating group) is 1. The van der Waals surface area contributed by atoms with E-state index in [4.69, 9.17) is 0 Å². The fourth-order valence-corrected chi connectivity index (χ4v) is 5.81. The predicted molar refractivity (Wildman–Crippen MR) is 132 cm³/mol. The van der Waals surface area contributed by atoms with Gasteiger partial charge >= 0.3 is 0 Å². The topological polar surface area (TPSA) is 60.0 Å². The van der Waals surface area contributed by atoms with Gasteiger partial charge in [-0.2, -0.15) is 0 Å². The number of anilines is 1. The minimum atomic E-state index is 0.0479. The van der Waals surface area contributed by atoms with Gasteiger partial charge in [0.1, 0.15) is 5.01 Å². The number of para-hydroxylation sites is 1. The molecule has 0 N–H and O–H groups in total. The van der Waals surface area contributed by atoms with E-state index in [1.165, 1.54) is 0 Å². The highest BCUT2D eigenvalue weighted by Crippen LogP contribution is 2.31. The van der Waals surface area contributed by atoms with E-state index in [2.05, 4.69) is 16.0 Å². The lowest BCUT2D eigenvalue weighted by molar-refractivity contribution is -0.134. The van der Waals surface area contributed by atoms with Crippen LogP contribution in [0.25, 0.3) is 0 Å². The van der Waals surface area contributed by atoms with Gasteiger partial charge in [-0.15, -0.1) is 11.3 Å².